The second-order valence-electron chi connectivity index (χ2n) is 3.58. The number of hydrogen-bond acceptors (Lipinski definition) is 1. The Bertz CT molecular complexity index is 616. The Balaban J connectivity index is 2.62. The maximum atomic E-state index is 5.99. The van der Waals surface area contributed by atoms with Crippen LogP contribution in [0.5, 0.6) is 0 Å². The molecule has 0 bridgehead atoms. The van der Waals surface area contributed by atoms with E-state index < -0.39 is 0 Å². The summed E-state index contributed by atoms with van der Waals surface area (Å²) >= 11 is 0. The zero-order valence-corrected chi connectivity index (χ0v) is 7.91. The molecule has 1 aromatic carbocycles. The van der Waals surface area contributed by atoms with Gasteiger partial charge in [-0.25, -0.2) is 0 Å². The van der Waals surface area contributed by atoms with Gasteiger partial charge < -0.3 is 10.7 Å². The van der Waals surface area contributed by atoms with Gasteiger partial charge in [0.25, 0.3) is 0 Å². The van der Waals surface area contributed by atoms with Gasteiger partial charge >= 0.3 is 0 Å². The largest absolute Gasteiger partial charge is 0.385 e. The lowest BCUT2D eigenvalue weighted by Gasteiger charge is -1.95. The molecule has 0 amide bonds. The van der Waals surface area contributed by atoms with Crippen molar-refractivity contribution in [1.82, 2.24) is 9.38 Å². The molecule has 0 saturated carbocycles. The maximum absolute atomic E-state index is 5.99. The number of H-pyrrole nitrogens is 1. The topological polar surface area (TPSA) is 46.2 Å². The van der Waals surface area contributed by atoms with Gasteiger partial charge in [-0.15, -0.1) is 0 Å². The fourth-order valence-corrected chi connectivity index (χ4v) is 1.91. The summed E-state index contributed by atoms with van der Waals surface area (Å²) in [7, 11) is 0. The SMILES string of the molecule is Cc1cc2[nH]c3ccccc3n2c1N. The third-order valence-corrected chi connectivity index (χ3v) is 2.65. The lowest BCUT2D eigenvalue weighted by atomic mass is 10.3. The van der Waals surface area contributed by atoms with Crippen LogP contribution in [0, 0.1) is 6.92 Å². The zero-order valence-electron chi connectivity index (χ0n) is 7.91. The Labute approximate surface area is 81.1 Å². The molecular formula is C11H11N3. The monoisotopic (exact) mass is 185 g/mol. The summed E-state index contributed by atoms with van der Waals surface area (Å²) in [4.78, 5) is 3.32. The van der Waals surface area contributed by atoms with Crippen molar-refractivity contribution >= 4 is 22.5 Å². The van der Waals surface area contributed by atoms with E-state index >= 15 is 0 Å². The number of anilines is 1. The fourth-order valence-electron chi connectivity index (χ4n) is 1.91. The van der Waals surface area contributed by atoms with Crippen LogP contribution >= 0.6 is 0 Å². The summed E-state index contributed by atoms with van der Waals surface area (Å²) in [6.45, 7) is 2.02. The second kappa shape index (κ2) is 2.32. The molecule has 0 aliphatic carbocycles. The van der Waals surface area contributed by atoms with E-state index in [0.29, 0.717) is 0 Å². The van der Waals surface area contributed by atoms with Crippen molar-refractivity contribution in [2.45, 2.75) is 6.92 Å². The second-order valence-corrected chi connectivity index (χ2v) is 3.58. The van der Waals surface area contributed by atoms with Crippen LogP contribution in [0.4, 0.5) is 5.82 Å². The standard InChI is InChI=1S/C11H11N3/c1-7-6-10-13-8-4-2-3-5-9(8)14(10)11(7)12/h2-6,13H,12H2,1H3. The molecule has 3 nitrogen and oxygen atoms in total. The average Bonchev–Trinajstić information content (AvgIpc) is 2.65. The van der Waals surface area contributed by atoms with Crippen LogP contribution in [0.3, 0.4) is 0 Å². The van der Waals surface area contributed by atoms with Crippen molar-refractivity contribution in [2.75, 3.05) is 5.73 Å². The average molecular weight is 185 g/mol. The molecule has 0 aliphatic rings. The number of nitrogens with zero attached hydrogens (tertiary/aromatic N) is 1. The molecule has 3 heteroatoms. The van der Waals surface area contributed by atoms with E-state index in [1.165, 1.54) is 0 Å². The van der Waals surface area contributed by atoms with E-state index in [1.807, 2.05) is 23.5 Å². The zero-order chi connectivity index (χ0) is 9.71. The molecule has 0 spiro atoms. The predicted molar refractivity (Wildman–Crippen MR) is 58.4 cm³/mol. The molecule has 70 valence electrons. The Morgan fingerprint density at radius 2 is 2.07 bits per heavy atom. The molecule has 14 heavy (non-hydrogen) atoms. The van der Waals surface area contributed by atoms with Crippen molar-refractivity contribution in [3.05, 3.63) is 35.9 Å². The number of aromatic amines is 1. The van der Waals surface area contributed by atoms with Crippen LogP contribution < -0.4 is 5.73 Å². The highest BCUT2D eigenvalue weighted by Crippen LogP contribution is 2.23. The Morgan fingerprint density at radius 3 is 2.93 bits per heavy atom. The van der Waals surface area contributed by atoms with Gasteiger partial charge in [0.15, 0.2) is 0 Å². The summed E-state index contributed by atoms with van der Waals surface area (Å²) in [6.07, 6.45) is 0. The first-order valence-electron chi connectivity index (χ1n) is 4.61. The molecule has 0 radical (unpaired) electrons. The van der Waals surface area contributed by atoms with Gasteiger partial charge in [-0.1, -0.05) is 12.1 Å². The van der Waals surface area contributed by atoms with Crippen molar-refractivity contribution in [1.29, 1.82) is 0 Å². The lowest BCUT2D eigenvalue weighted by molar-refractivity contribution is 1.27. The number of rotatable bonds is 0. The van der Waals surface area contributed by atoms with Crippen molar-refractivity contribution in [3.63, 3.8) is 0 Å². The van der Waals surface area contributed by atoms with Crippen molar-refractivity contribution in [3.8, 4) is 0 Å². The Kier molecular flexibility index (Phi) is 1.24. The molecule has 3 aromatic rings. The summed E-state index contributed by atoms with van der Waals surface area (Å²) in [5.41, 5.74) is 10.4. The van der Waals surface area contributed by atoms with Gasteiger partial charge in [0.05, 0.1) is 11.0 Å². The summed E-state index contributed by atoms with van der Waals surface area (Å²) in [5.74, 6) is 0.817. The van der Waals surface area contributed by atoms with Crippen LogP contribution in [0.1, 0.15) is 5.56 Å². The molecule has 0 aliphatic heterocycles. The van der Waals surface area contributed by atoms with Crippen LogP contribution in [0.15, 0.2) is 30.3 Å². The normalized spacial score (nSPS) is 11.5. The summed E-state index contributed by atoms with van der Waals surface area (Å²) in [6, 6.07) is 10.2. The third-order valence-electron chi connectivity index (χ3n) is 2.65. The van der Waals surface area contributed by atoms with E-state index in [2.05, 4.69) is 23.2 Å². The number of aryl methyl sites for hydroxylation is 1. The van der Waals surface area contributed by atoms with Gasteiger partial charge in [-0.3, -0.25) is 4.40 Å². The van der Waals surface area contributed by atoms with E-state index in [-0.39, 0.29) is 0 Å². The number of hydrogen-bond donors (Lipinski definition) is 2. The number of imidazole rings is 1. The number of nitrogen functional groups attached to an aromatic ring is 1. The first-order chi connectivity index (χ1) is 6.77. The number of aromatic nitrogens is 2. The maximum Gasteiger partial charge on any atom is 0.117 e. The predicted octanol–water partition coefficient (Wildman–Crippen LogP) is 2.31. The van der Waals surface area contributed by atoms with Gasteiger partial charge in [0, 0.05) is 0 Å². The first-order valence-corrected chi connectivity index (χ1v) is 4.61. The highest BCUT2D eigenvalue weighted by molar-refractivity contribution is 5.83. The third kappa shape index (κ3) is 0.763. The van der Waals surface area contributed by atoms with E-state index in [4.69, 9.17) is 5.73 Å². The molecular weight excluding hydrogens is 174 g/mol. The van der Waals surface area contributed by atoms with Gasteiger partial charge in [0.1, 0.15) is 11.5 Å². The van der Waals surface area contributed by atoms with Crippen molar-refractivity contribution in [2.24, 2.45) is 0 Å². The molecule has 0 saturated heterocycles. The highest BCUT2D eigenvalue weighted by Gasteiger charge is 2.08. The molecule has 0 unspecified atom stereocenters. The molecule has 0 fully saturated rings. The first kappa shape index (κ1) is 7.50. The molecule has 3 rings (SSSR count). The number of nitrogens with one attached hydrogen (secondary N) is 1. The van der Waals surface area contributed by atoms with Crippen LogP contribution in [-0.2, 0) is 0 Å². The van der Waals surface area contributed by atoms with Gasteiger partial charge in [-0.2, -0.15) is 0 Å². The number of para-hydroxylation sites is 2. The van der Waals surface area contributed by atoms with E-state index in [9.17, 15) is 0 Å². The van der Waals surface area contributed by atoms with E-state index in [1.54, 1.807) is 0 Å². The van der Waals surface area contributed by atoms with Crippen LogP contribution in [-0.4, -0.2) is 9.38 Å². The molecule has 2 heterocycles. The number of benzene rings is 1. The van der Waals surface area contributed by atoms with Crippen LogP contribution in [0.25, 0.3) is 16.7 Å². The van der Waals surface area contributed by atoms with Gasteiger partial charge in [-0.05, 0) is 30.7 Å². The fraction of sp³-hybridized carbons (Fsp3) is 0.0909. The van der Waals surface area contributed by atoms with Gasteiger partial charge in [0.2, 0.25) is 0 Å². The lowest BCUT2D eigenvalue weighted by Crippen LogP contribution is -1.92. The van der Waals surface area contributed by atoms with Crippen molar-refractivity contribution < 1.29 is 0 Å². The summed E-state index contributed by atoms with van der Waals surface area (Å²) in [5, 5.41) is 0. The molecule has 3 N–H and O–H groups in total. The quantitative estimate of drug-likeness (QED) is 0.554. The highest BCUT2D eigenvalue weighted by atomic mass is 15.1. The number of fused-ring (bicyclic) bond motifs is 3. The Morgan fingerprint density at radius 1 is 1.29 bits per heavy atom. The molecule has 0 atom stereocenters. The minimum absolute atomic E-state index is 0.817. The summed E-state index contributed by atoms with van der Waals surface area (Å²) < 4.78 is 2.05. The smallest absolute Gasteiger partial charge is 0.117 e. The number of nitrogens with two attached hydrogens (primary N) is 1. The van der Waals surface area contributed by atoms with Crippen LogP contribution in [0.2, 0.25) is 0 Å². The van der Waals surface area contributed by atoms with E-state index in [0.717, 1.165) is 28.1 Å². The minimum Gasteiger partial charge on any atom is -0.385 e. The molecule has 2 aromatic heterocycles. The Hall–Kier alpha value is -1.90. The minimum atomic E-state index is 0.817.